The van der Waals surface area contributed by atoms with E-state index in [2.05, 4.69) is 16.6 Å². The summed E-state index contributed by atoms with van der Waals surface area (Å²) in [7, 11) is 2.37. The summed E-state index contributed by atoms with van der Waals surface area (Å²) in [5.74, 6) is 0.333. The molecule has 0 spiro atoms. The summed E-state index contributed by atoms with van der Waals surface area (Å²) >= 11 is 0. The van der Waals surface area contributed by atoms with Crippen LogP contribution in [0, 0.1) is 12.3 Å². The minimum absolute atomic E-state index is 0.230. The quantitative estimate of drug-likeness (QED) is 0.115. The van der Waals surface area contributed by atoms with Crippen molar-refractivity contribution in [2.45, 2.75) is 50.9 Å². The number of carbonyl (C=O) groups excluding carboxylic acids is 4. The van der Waals surface area contributed by atoms with Crippen LogP contribution in [0.3, 0.4) is 0 Å². The van der Waals surface area contributed by atoms with Crippen LogP contribution in [0.1, 0.15) is 51.0 Å². The molecule has 2 amide bonds. The molecule has 0 bridgehead atoms. The van der Waals surface area contributed by atoms with E-state index in [9.17, 15) is 19.2 Å². The number of carbonyl (C=O) groups is 4. The highest BCUT2D eigenvalue weighted by Crippen LogP contribution is 2.36. The zero-order valence-corrected chi connectivity index (χ0v) is 18.6. The fourth-order valence-electron chi connectivity index (χ4n) is 3.76. The Morgan fingerprint density at radius 1 is 1.16 bits per heavy atom. The molecule has 0 aliphatic carbocycles. The number of rotatable bonds is 9. The summed E-state index contributed by atoms with van der Waals surface area (Å²) in [5.41, 5.74) is 0.716. The van der Waals surface area contributed by atoms with Gasteiger partial charge >= 0.3 is 11.9 Å². The number of amides is 2. The maximum absolute atomic E-state index is 12.6. The largest absolute Gasteiger partial charge is 0.465 e. The van der Waals surface area contributed by atoms with E-state index in [1.165, 1.54) is 14.2 Å². The molecule has 8 nitrogen and oxygen atoms in total. The molecule has 1 atom stereocenters. The summed E-state index contributed by atoms with van der Waals surface area (Å²) in [6, 6.07) is 7.11. The number of esters is 2. The molecule has 2 rings (SSSR count). The van der Waals surface area contributed by atoms with Crippen molar-refractivity contribution in [1.29, 1.82) is 0 Å². The molecule has 2 N–H and O–H groups in total. The van der Waals surface area contributed by atoms with Gasteiger partial charge in [0.25, 0.3) is 0 Å². The lowest BCUT2D eigenvalue weighted by Gasteiger charge is -2.35. The Hall–Kier alpha value is -3.60. The van der Waals surface area contributed by atoms with E-state index < -0.39 is 17.4 Å². The number of methoxy groups -OCH3 is 2. The molecule has 1 unspecified atom stereocenters. The summed E-state index contributed by atoms with van der Waals surface area (Å²) in [6.07, 6.45) is 7.93. The van der Waals surface area contributed by atoms with Crippen LogP contribution in [-0.4, -0.2) is 38.0 Å². The van der Waals surface area contributed by atoms with Crippen molar-refractivity contribution in [3.63, 3.8) is 0 Å². The van der Waals surface area contributed by atoms with Crippen LogP contribution >= 0.6 is 0 Å². The van der Waals surface area contributed by atoms with E-state index >= 15 is 0 Å². The lowest BCUT2D eigenvalue weighted by atomic mass is 9.72. The first-order valence-electron chi connectivity index (χ1n) is 10.4. The Bertz CT molecular complexity index is 940. The second-order valence-corrected chi connectivity index (χ2v) is 7.41. The van der Waals surface area contributed by atoms with Gasteiger partial charge in [0.2, 0.25) is 11.8 Å². The molecule has 1 aliphatic rings. The SMILES string of the molecule is C#CCCCC(Nc1ccc(C2(CC)CCC(=O)NC2=O)cc1)=C(C(=O)OC)C(=O)OC. The molecule has 1 aliphatic heterocycles. The van der Waals surface area contributed by atoms with Crippen molar-refractivity contribution in [2.24, 2.45) is 0 Å². The molecule has 0 radical (unpaired) electrons. The van der Waals surface area contributed by atoms with Crippen molar-refractivity contribution in [1.82, 2.24) is 5.32 Å². The van der Waals surface area contributed by atoms with Crippen LogP contribution in [0.25, 0.3) is 0 Å². The average molecular weight is 440 g/mol. The minimum atomic E-state index is -0.815. The lowest BCUT2D eigenvalue weighted by Crippen LogP contribution is -2.51. The van der Waals surface area contributed by atoms with Gasteiger partial charge in [0.05, 0.1) is 19.6 Å². The first-order chi connectivity index (χ1) is 15.3. The van der Waals surface area contributed by atoms with Crippen molar-refractivity contribution < 1.29 is 28.7 Å². The van der Waals surface area contributed by atoms with Gasteiger partial charge in [0.1, 0.15) is 0 Å². The molecule has 1 aromatic rings. The second kappa shape index (κ2) is 11.1. The van der Waals surface area contributed by atoms with E-state index in [1.54, 1.807) is 24.3 Å². The van der Waals surface area contributed by atoms with Crippen LogP contribution in [0.4, 0.5) is 5.69 Å². The third-order valence-corrected chi connectivity index (χ3v) is 5.63. The molecular weight excluding hydrogens is 412 g/mol. The zero-order chi connectivity index (χ0) is 23.7. The van der Waals surface area contributed by atoms with Crippen LogP contribution in [0.5, 0.6) is 0 Å². The van der Waals surface area contributed by atoms with Crippen LogP contribution in [0.2, 0.25) is 0 Å². The predicted molar refractivity (Wildman–Crippen MR) is 118 cm³/mol. The summed E-state index contributed by atoms with van der Waals surface area (Å²) in [6.45, 7) is 1.91. The lowest BCUT2D eigenvalue weighted by molar-refractivity contribution is -0.144. The van der Waals surface area contributed by atoms with Gasteiger partial charge < -0.3 is 14.8 Å². The molecule has 170 valence electrons. The number of benzene rings is 1. The Morgan fingerprint density at radius 3 is 2.28 bits per heavy atom. The topological polar surface area (TPSA) is 111 Å². The highest BCUT2D eigenvalue weighted by Gasteiger charge is 2.42. The number of ether oxygens (including phenoxy) is 2. The number of unbranched alkanes of at least 4 members (excludes halogenated alkanes) is 1. The van der Waals surface area contributed by atoms with Gasteiger partial charge in [-0.25, -0.2) is 9.59 Å². The summed E-state index contributed by atoms with van der Waals surface area (Å²) in [4.78, 5) is 48.7. The second-order valence-electron chi connectivity index (χ2n) is 7.41. The minimum Gasteiger partial charge on any atom is -0.465 e. The standard InChI is InChI=1S/C24H28N2O6/c1-5-7-8-9-18(20(21(28)31-3)22(29)32-4)25-17-12-10-16(11-13-17)24(6-2)15-14-19(27)26-23(24)30/h1,10-13,25H,6-9,14-15H2,2-4H3,(H,26,27,30). The predicted octanol–water partition coefficient (Wildman–Crippen LogP) is 2.59. The zero-order valence-electron chi connectivity index (χ0n) is 18.6. The van der Waals surface area contributed by atoms with Crippen LogP contribution < -0.4 is 10.6 Å². The Balaban J connectivity index is 2.38. The number of piperidine rings is 1. The number of hydrogen-bond acceptors (Lipinski definition) is 7. The third-order valence-electron chi connectivity index (χ3n) is 5.63. The normalized spacial score (nSPS) is 17.6. The van der Waals surface area contributed by atoms with Gasteiger partial charge in [-0.15, -0.1) is 12.3 Å². The van der Waals surface area contributed by atoms with E-state index in [1.807, 2.05) is 6.92 Å². The number of nitrogens with one attached hydrogen (secondary N) is 2. The summed E-state index contributed by atoms with van der Waals surface area (Å²) < 4.78 is 9.51. The Labute approximate surface area is 187 Å². The first kappa shape index (κ1) is 24.7. The van der Waals surface area contributed by atoms with Crippen molar-refractivity contribution in [3.8, 4) is 12.3 Å². The molecule has 1 aromatic carbocycles. The highest BCUT2D eigenvalue weighted by atomic mass is 16.5. The van der Waals surface area contributed by atoms with E-state index in [0.717, 1.165) is 5.56 Å². The van der Waals surface area contributed by atoms with Crippen molar-refractivity contribution >= 4 is 29.4 Å². The highest BCUT2D eigenvalue weighted by molar-refractivity contribution is 6.15. The Kier molecular flexibility index (Phi) is 8.59. The van der Waals surface area contributed by atoms with Gasteiger partial charge in [-0.05, 0) is 43.4 Å². The first-order valence-corrected chi connectivity index (χ1v) is 10.4. The molecule has 32 heavy (non-hydrogen) atoms. The van der Waals surface area contributed by atoms with Crippen molar-refractivity contribution in [3.05, 3.63) is 41.1 Å². The number of terminal acetylenes is 1. The van der Waals surface area contributed by atoms with E-state index in [-0.39, 0.29) is 23.8 Å². The van der Waals surface area contributed by atoms with Gasteiger partial charge in [-0.2, -0.15) is 0 Å². The average Bonchev–Trinajstić information content (AvgIpc) is 2.80. The maximum atomic E-state index is 12.6. The number of hydrogen-bond donors (Lipinski definition) is 2. The van der Waals surface area contributed by atoms with Crippen LogP contribution in [-0.2, 0) is 34.1 Å². The van der Waals surface area contributed by atoms with Crippen molar-refractivity contribution in [2.75, 3.05) is 19.5 Å². The smallest absolute Gasteiger partial charge is 0.347 e. The van der Waals surface area contributed by atoms with E-state index in [0.29, 0.717) is 43.5 Å². The van der Waals surface area contributed by atoms with Crippen LogP contribution in [0.15, 0.2) is 35.5 Å². The molecule has 8 heteroatoms. The molecule has 0 saturated carbocycles. The van der Waals surface area contributed by atoms with Gasteiger partial charge in [-0.1, -0.05) is 19.1 Å². The molecule has 1 saturated heterocycles. The molecule has 1 fully saturated rings. The molecule has 1 heterocycles. The number of anilines is 1. The fourth-order valence-corrected chi connectivity index (χ4v) is 3.76. The molecular formula is C24H28N2O6. The fraction of sp³-hybridized carbons (Fsp3) is 0.417. The van der Waals surface area contributed by atoms with E-state index in [4.69, 9.17) is 15.9 Å². The molecule has 0 aromatic heterocycles. The number of imide groups is 1. The van der Waals surface area contributed by atoms with Gasteiger partial charge in [0.15, 0.2) is 5.57 Å². The summed E-state index contributed by atoms with van der Waals surface area (Å²) in [5, 5.41) is 5.53. The maximum Gasteiger partial charge on any atom is 0.347 e. The number of allylic oxidation sites excluding steroid dienone is 1. The van der Waals surface area contributed by atoms with Gasteiger partial charge in [-0.3, -0.25) is 14.9 Å². The third kappa shape index (κ3) is 5.35. The monoisotopic (exact) mass is 440 g/mol. The van der Waals surface area contributed by atoms with Gasteiger partial charge in [0, 0.05) is 24.2 Å². The Morgan fingerprint density at radius 2 is 1.78 bits per heavy atom.